The molecule has 0 heterocycles. The predicted molar refractivity (Wildman–Crippen MR) is 108 cm³/mol. The van der Waals surface area contributed by atoms with Gasteiger partial charge in [0, 0.05) is 5.69 Å². The van der Waals surface area contributed by atoms with Gasteiger partial charge in [0.15, 0.2) is 0 Å². The van der Waals surface area contributed by atoms with Crippen LogP contribution in [0.1, 0.15) is 15.9 Å². The number of rotatable bonds is 5. The molecule has 0 saturated heterocycles. The van der Waals surface area contributed by atoms with Crippen LogP contribution in [0.25, 0.3) is 6.08 Å². The maximum absolute atomic E-state index is 12.7. The van der Waals surface area contributed by atoms with Gasteiger partial charge in [-0.3, -0.25) is 9.59 Å². The first-order valence-corrected chi connectivity index (χ1v) is 8.70. The fraction of sp³-hybridized carbons (Fsp3) is 0. The number of nitrogens with one attached hydrogen (secondary N) is 2. The molecule has 0 radical (unpaired) electrons. The van der Waals surface area contributed by atoms with E-state index in [1.54, 1.807) is 42.5 Å². The summed E-state index contributed by atoms with van der Waals surface area (Å²) >= 11 is 6.09. The number of amides is 2. The smallest absolute Gasteiger partial charge is 0.272 e. The molecule has 0 fully saturated rings. The van der Waals surface area contributed by atoms with Gasteiger partial charge in [0.2, 0.25) is 0 Å². The molecule has 0 aliphatic heterocycles. The lowest BCUT2D eigenvalue weighted by atomic mass is 10.1. The maximum Gasteiger partial charge on any atom is 0.272 e. The number of benzene rings is 3. The first-order valence-electron chi connectivity index (χ1n) is 8.32. The lowest BCUT2D eigenvalue weighted by Gasteiger charge is -2.12. The van der Waals surface area contributed by atoms with Gasteiger partial charge in [-0.1, -0.05) is 72.3 Å². The van der Waals surface area contributed by atoms with Gasteiger partial charge in [0.1, 0.15) is 5.70 Å². The molecule has 0 spiro atoms. The molecule has 3 rings (SSSR count). The number of anilines is 1. The Kier molecular flexibility index (Phi) is 6.02. The molecule has 0 unspecified atom stereocenters. The molecule has 0 aliphatic carbocycles. The molecule has 2 amide bonds. The van der Waals surface area contributed by atoms with E-state index >= 15 is 0 Å². The van der Waals surface area contributed by atoms with Crippen molar-refractivity contribution in [3.63, 3.8) is 0 Å². The quantitative estimate of drug-likeness (QED) is 0.631. The van der Waals surface area contributed by atoms with Crippen LogP contribution in [0.15, 0.2) is 90.6 Å². The van der Waals surface area contributed by atoms with Crippen molar-refractivity contribution in [1.82, 2.24) is 5.32 Å². The van der Waals surface area contributed by atoms with E-state index in [4.69, 9.17) is 11.6 Å². The third-order valence-corrected chi connectivity index (χ3v) is 4.08. The van der Waals surface area contributed by atoms with Crippen molar-refractivity contribution in [2.45, 2.75) is 0 Å². The van der Waals surface area contributed by atoms with E-state index < -0.39 is 11.8 Å². The van der Waals surface area contributed by atoms with Crippen molar-refractivity contribution in [2.24, 2.45) is 0 Å². The van der Waals surface area contributed by atoms with Gasteiger partial charge in [-0.05, 0) is 35.9 Å². The van der Waals surface area contributed by atoms with Gasteiger partial charge in [-0.15, -0.1) is 0 Å². The maximum atomic E-state index is 12.7. The van der Waals surface area contributed by atoms with E-state index in [-0.39, 0.29) is 5.70 Å². The molecular weight excluding hydrogens is 360 g/mol. The Hall–Kier alpha value is -3.37. The van der Waals surface area contributed by atoms with Gasteiger partial charge in [-0.2, -0.15) is 0 Å². The molecule has 3 aromatic carbocycles. The van der Waals surface area contributed by atoms with Gasteiger partial charge in [0.25, 0.3) is 11.8 Å². The monoisotopic (exact) mass is 376 g/mol. The van der Waals surface area contributed by atoms with E-state index in [2.05, 4.69) is 10.6 Å². The molecule has 5 heteroatoms. The molecule has 0 atom stereocenters. The van der Waals surface area contributed by atoms with Crippen LogP contribution in [0.5, 0.6) is 0 Å². The normalized spacial score (nSPS) is 10.9. The van der Waals surface area contributed by atoms with Crippen molar-refractivity contribution < 1.29 is 9.59 Å². The zero-order valence-electron chi connectivity index (χ0n) is 14.4. The van der Waals surface area contributed by atoms with Crippen LogP contribution >= 0.6 is 11.6 Å². The van der Waals surface area contributed by atoms with E-state index in [1.165, 1.54) is 0 Å². The Bertz CT molecular complexity index is 970. The van der Waals surface area contributed by atoms with Gasteiger partial charge < -0.3 is 10.6 Å². The number of carbonyl (C=O) groups is 2. The zero-order chi connectivity index (χ0) is 19.1. The lowest BCUT2D eigenvalue weighted by Crippen LogP contribution is -2.30. The Labute approximate surface area is 162 Å². The second-order valence-corrected chi connectivity index (χ2v) is 6.13. The summed E-state index contributed by atoms with van der Waals surface area (Å²) in [4.78, 5) is 25.3. The van der Waals surface area contributed by atoms with Crippen LogP contribution in [0.3, 0.4) is 0 Å². The highest BCUT2D eigenvalue weighted by Crippen LogP contribution is 2.16. The highest BCUT2D eigenvalue weighted by molar-refractivity contribution is 6.34. The fourth-order valence-corrected chi connectivity index (χ4v) is 2.65. The molecule has 2 N–H and O–H groups in total. The number of para-hydroxylation sites is 1. The van der Waals surface area contributed by atoms with Gasteiger partial charge in [0.05, 0.1) is 10.6 Å². The summed E-state index contributed by atoms with van der Waals surface area (Å²) < 4.78 is 0. The minimum atomic E-state index is -0.453. The van der Waals surface area contributed by atoms with Crippen LogP contribution in [0.4, 0.5) is 5.69 Å². The van der Waals surface area contributed by atoms with Crippen molar-refractivity contribution in [1.29, 1.82) is 0 Å². The molecule has 4 nitrogen and oxygen atoms in total. The third kappa shape index (κ3) is 5.06. The Morgan fingerprint density at radius 1 is 0.778 bits per heavy atom. The summed E-state index contributed by atoms with van der Waals surface area (Å²) in [5, 5.41) is 5.76. The number of carbonyl (C=O) groups excluding carboxylic acids is 2. The zero-order valence-corrected chi connectivity index (χ0v) is 15.1. The molecule has 3 aromatic rings. The minimum absolute atomic E-state index is 0.120. The summed E-state index contributed by atoms with van der Waals surface area (Å²) in [6.07, 6.45) is 1.62. The van der Waals surface area contributed by atoms with Crippen LogP contribution in [0, 0.1) is 0 Å². The Morgan fingerprint density at radius 3 is 2.04 bits per heavy atom. The first-order chi connectivity index (χ1) is 13.1. The summed E-state index contributed by atoms with van der Waals surface area (Å²) in [6.45, 7) is 0. The van der Waals surface area contributed by atoms with Crippen LogP contribution in [-0.2, 0) is 4.79 Å². The SMILES string of the molecule is O=C(Nc1ccccc1)C(=Cc1ccccc1)NC(=O)c1ccccc1Cl. The summed E-state index contributed by atoms with van der Waals surface area (Å²) in [7, 11) is 0. The second-order valence-electron chi connectivity index (χ2n) is 5.72. The van der Waals surface area contributed by atoms with E-state index in [0.29, 0.717) is 16.3 Å². The first kappa shape index (κ1) is 18.4. The average Bonchev–Trinajstić information content (AvgIpc) is 2.69. The molecule has 0 aliphatic rings. The third-order valence-electron chi connectivity index (χ3n) is 3.75. The summed E-state index contributed by atoms with van der Waals surface area (Å²) in [5.41, 5.74) is 1.84. The average molecular weight is 377 g/mol. The predicted octanol–water partition coefficient (Wildman–Crippen LogP) is 4.75. The highest BCUT2D eigenvalue weighted by Gasteiger charge is 2.16. The molecule has 134 valence electrons. The molecule has 0 bridgehead atoms. The topological polar surface area (TPSA) is 58.2 Å². The number of hydrogen-bond donors (Lipinski definition) is 2. The van der Waals surface area contributed by atoms with Gasteiger partial charge in [-0.25, -0.2) is 0 Å². The van der Waals surface area contributed by atoms with E-state index in [9.17, 15) is 9.59 Å². The minimum Gasteiger partial charge on any atom is -0.321 e. The van der Waals surface area contributed by atoms with E-state index in [1.807, 2.05) is 48.5 Å². The fourth-order valence-electron chi connectivity index (χ4n) is 2.43. The molecule has 27 heavy (non-hydrogen) atoms. The standard InChI is InChI=1S/C22H17ClN2O2/c23-19-14-8-7-13-18(19)21(26)25-20(15-16-9-3-1-4-10-16)22(27)24-17-11-5-2-6-12-17/h1-15H,(H,24,27)(H,25,26). The second kappa shape index (κ2) is 8.83. The number of hydrogen-bond acceptors (Lipinski definition) is 2. The van der Waals surface area contributed by atoms with Crippen molar-refractivity contribution in [2.75, 3.05) is 5.32 Å². The largest absolute Gasteiger partial charge is 0.321 e. The van der Waals surface area contributed by atoms with Crippen molar-refractivity contribution in [3.05, 3.63) is 107 Å². The van der Waals surface area contributed by atoms with Crippen LogP contribution < -0.4 is 10.6 Å². The van der Waals surface area contributed by atoms with E-state index in [0.717, 1.165) is 5.56 Å². The van der Waals surface area contributed by atoms with Gasteiger partial charge >= 0.3 is 0 Å². The molecular formula is C22H17ClN2O2. The molecule has 0 aromatic heterocycles. The Balaban J connectivity index is 1.88. The van der Waals surface area contributed by atoms with Crippen LogP contribution in [-0.4, -0.2) is 11.8 Å². The summed E-state index contributed by atoms with van der Waals surface area (Å²) in [5.74, 6) is -0.878. The van der Waals surface area contributed by atoms with Crippen molar-refractivity contribution in [3.8, 4) is 0 Å². The van der Waals surface area contributed by atoms with Crippen molar-refractivity contribution >= 4 is 35.2 Å². The molecule has 0 saturated carbocycles. The lowest BCUT2D eigenvalue weighted by molar-refractivity contribution is -0.113. The van der Waals surface area contributed by atoms with Crippen LogP contribution in [0.2, 0.25) is 5.02 Å². The number of halogens is 1. The highest BCUT2D eigenvalue weighted by atomic mass is 35.5. The Morgan fingerprint density at radius 2 is 1.37 bits per heavy atom. The summed E-state index contributed by atoms with van der Waals surface area (Å²) in [6, 6.07) is 25.0.